The highest BCUT2D eigenvalue weighted by atomic mass is 19.1. The highest BCUT2D eigenvalue weighted by molar-refractivity contribution is 6.05. The number of nitrogens with one attached hydrogen (secondary N) is 1. The number of ether oxygens (including phenoxy) is 2. The summed E-state index contributed by atoms with van der Waals surface area (Å²) in [6.45, 7) is 3.52. The van der Waals surface area contributed by atoms with Crippen LogP contribution in [0.4, 0.5) is 4.39 Å². The number of benzene rings is 1. The molecular formula is C26H32FN3O13. The summed E-state index contributed by atoms with van der Waals surface area (Å²) in [5, 5.41) is 84.3. The SMILES string of the molecule is C=C(O)/C(O)=C1/C(=O)N(C(O)(C(=O)NC)C(O)(O)C(O)(O)C=O)C/C1=C(/O)OCc1cccc(CN2CCOCC2)c1F. The van der Waals surface area contributed by atoms with Gasteiger partial charge in [-0.2, -0.15) is 0 Å². The summed E-state index contributed by atoms with van der Waals surface area (Å²) in [5.41, 5.74) is -5.74. The van der Waals surface area contributed by atoms with Gasteiger partial charge in [0.05, 0.1) is 30.9 Å². The number of hydrogen-bond acceptors (Lipinski definition) is 14. The molecule has 1 aromatic rings. The van der Waals surface area contributed by atoms with Crippen molar-refractivity contribution in [2.45, 2.75) is 30.5 Å². The molecule has 2 saturated heterocycles. The van der Waals surface area contributed by atoms with E-state index in [2.05, 4.69) is 6.58 Å². The van der Waals surface area contributed by atoms with E-state index in [0.717, 1.165) is 7.05 Å². The second kappa shape index (κ2) is 12.6. The number of amides is 2. The first kappa shape index (κ1) is 33.4. The first-order chi connectivity index (χ1) is 20.0. The number of carbonyl (C=O) groups excluding carboxylic acids is 3. The number of likely N-dealkylation sites (N-methyl/N-ethyl adjacent to an activating group) is 1. The maximum atomic E-state index is 15.2. The van der Waals surface area contributed by atoms with Crippen LogP contribution in [0.5, 0.6) is 0 Å². The average Bonchev–Trinajstić information content (AvgIpc) is 3.33. The Balaban J connectivity index is 2.03. The van der Waals surface area contributed by atoms with Crippen LogP contribution in [0, 0.1) is 5.82 Å². The van der Waals surface area contributed by atoms with Crippen molar-refractivity contribution in [1.29, 1.82) is 0 Å². The van der Waals surface area contributed by atoms with E-state index in [1.807, 2.05) is 4.90 Å². The Morgan fingerprint density at radius 3 is 2.30 bits per heavy atom. The molecule has 1 aromatic carbocycles. The van der Waals surface area contributed by atoms with E-state index in [0.29, 0.717) is 31.9 Å². The fourth-order valence-corrected chi connectivity index (χ4v) is 4.48. The van der Waals surface area contributed by atoms with Gasteiger partial charge in [0.25, 0.3) is 35.1 Å². The lowest BCUT2D eigenvalue weighted by Gasteiger charge is -2.46. The number of aliphatic hydroxyl groups is 8. The van der Waals surface area contributed by atoms with Crippen LogP contribution < -0.4 is 5.32 Å². The molecule has 43 heavy (non-hydrogen) atoms. The quantitative estimate of drug-likeness (QED) is 0.0550. The zero-order valence-electron chi connectivity index (χ0n) is 22.9. The molecule has 0 aromatic heterocycles. The number of halogens is 1. The second-order valence-electron chi connectivity index (χ2n) is 9.68. The van der Waals surface area contributed by atoms with Gasteiger partial charge in [-0.25, -0.2) is 4.39 Å². The van der Waals surface area contributed by atoms with E-state index in [-0.39, 0.29) is 17.0 Å². The molecule has 2 fully saturated rings. The first-order valence-electron chi connectivity index (χ1n) is 12.6. The van der Waals surface area contributed by atoms with Crippen molar-refractivity contribution in [2.24, 2.45) is 0 Å². The summed E-state index contributed by atoms with van der Waals surface area (Å²) in [6.07, 6.45) is -0.857. The molecule has 2 aliphatic rings. The highest BCUT2D eigenvalue weighted by Gasteiger charge is 2.71. The molecule has 17 heteroatoms. The molecular weight excluding hydrogens is 581 g/mol. The number of hydrogen-bond donors (Lipinski definition) is 9. The molecule has 2 amide bonds. The highest BCUT2D eigenvalue weighted by Crippen LogP contribution is 2.40. The van der Waals surface area contributed by atoms with Gasteiger partial charge in [0.15, 0.2) is 17.8 Å². The Hall–Kier alpha value is -4.10. The summed E-state index contributed by atoms with van der Waals surface area (Å²) in [5.74, 6) is -16.8. The fourth-order valence-electron chi connectivity index (χ4n) is 4.48. The number of aliphatic hydroxyl groups excluding tert-OH is 3. The van der Waals surface area contributed by atoms with Gasteiger partial charge in [0, 0.05) is 37.8 Å². The maximum absolute atomic E-state index is 15.2. The first-order valence-corrected chi connectivity index (χ1v) is 12.6. The van der Waals surface area contributed by atoms with Crippen molar-refractivity contribution in [3.05, 3.63) is 70.3 Å². The predicted molar refractivity (Wildman–Crippen MR) is 139 cm³/mol. The molecule has 0 saturated carbocycles. The molecule has 3 rings (SSSR count). The summed E-state index contributed by atoms with van der Waals surface area (Å²) in [6, 6.07) is 4.41. The molecule has 0 aliphatic carbocycles. The lowest BCUT2D eigenvalue weighted by atomic mass is 9.91. The minimum atomic E-state index is -4.54. The molecule has 2 heterocycles. The van der Waals surface area contributed by atoms with Crippen LogP contribution in [0.1, 0.15) is 11.1 Å². The summed E-state index contributed by atoms with van der Waals surface area (Å²) in [4.78, 5) is 39.0. The van der Waals surface area contributed by atoms with Crippen molar-refractivity contribution in [1.82, 2.24) is 15.1 Å². The van der Waals surface area contributed by atoms with Crippen molar-refractivity contribution < 1.29 is 69.1 Å². The van der Waals surface area contributed by atoms with Crippen molar-refractivity contribution in [2.75, 3.05) is 39.9 Å². The monoisotopic (exact) mass is 613 g/mol. The molecule has 16 nitrogen and oxygen atoms in total. The number of nitrogens with zero attached hydrogens (tertiary/aromatic N) is 2. The Bertz CT molecular complexity index is 1350. The number of morpholine rings is 1. The molecule has 0 spiro atoms. The zero-order chi connectivity index (χ0) is 32.3. The smallest absolute Gasteiger partial charge is 0.285 e. The van der Waals surface area contributed by atoms with Crippen LogP contribution in [0.3, 0.4) is 0 Å². The van der Waals surface area contributed by atoms with Crippen molar-refractivity contribution in [3.63, 3.8) is 0 Å². The summed E-state index contributed by atoms with van der Waals surface area (Å²) >= 11 is 0. The van der Waals surface area contributed by atoms with Crippen LogP contribution in [0.2, 0.25) is 0 Å². The maximum Gasteiger partial charge on any atom is 0.285 e. The van der Waals surface area contributed by atoms with E-state index < -0.39 is 83.0 Å². The lowest BCUT2D eigenvalue weighted by molar-refractivity contribution is -0.398. The normalized spacial score (nSPS) is 20.3. The topological polar surface area (TPSA) is 250 Å². The van der Waals surface area contributed by atoms with Crippen LogP contribution in [0.15, 0.2) is 53.4 Å². The number of likely N-dealkylation sites (tertiary alicyclic amines) is 1. The average molecular weight is 614 g/mol. The fraction of sp³-hybridized carbons (Fsp3) is 0.423. The van der Waals surface area contributed by atoms with E-state index >= 15 is 4.39 Å². The van der Waals surface area contributed by atoms with Gasteiger partial charge in [-0.05, 0) is 0 Å². The Morgan fingerprint density at radius 1 is 1.14 bits per heavy atom. The Morgan fingerprint density at radius 2 is 1.74 bits per heavy atom. The van der Waals surface area contributed by atoms with Crippen molar-refractivity contribution in [3.8, 4) is 0 Å². The third-order valence-corrected chi connectivity index (χ3v) is 6.96. The number of rotatable bonds is 11. The van der Waals surface area contributed by atoms with Gasteiger partial charge in [0.2, 0.25) is 0 Å². The van der Waals surface area contributed by atoms with Crippen LogP contribution >= 0.6 is 0 Å². The molecule has 2 aliphatic heterocycles. The van der Waals surface area contributed by atoms with Gasteiger partial charge in [-0.15, -0.1) is 0 Å². The minimum absolute atomic E-state index is 0.0525. The molecule has 0 bridgehead atoms. The molecule has 236 valence electrons. The zero-order valence-corrected chi connectivity index (χ0v) is 22.9. The largest absolute Gasteiger partial charge is 0.505 e. The van der Waals surface area contributed by atoms with E-state index in [9.17, 15) is 55.2 Å². The van der Waals surface area contributed by atoms with Gasteiger partial charge in [0.1, 0.15) is 12.4 Å². The summed E-state index contributed by atoms with van der Waals surface area (Å²) < 4.78 is 25.8. The van der Waals surface area contributed by atoms with Gasteiger partial charge < -0.3 is 55.6 Å². The van der Waals surface area contributed by atoms with Gasteiger partial charge >= 0.3 is 0 Å². The van der Waals surface area contributed by atoms with Crippen LogP contribution in [0.25, 0.3) is 0 Å². The molecule has 1 atom stereocenters. The third-order valence-electron chi connectivity index (χ3n) is 6.96. The van der Waals surface area contributed by atoms with E-state index in [1.54, 1.807) is 11.4 Å². The number of aldehydes is 1. The second-order valence-corrected chi connectivity index (χ2v) is 9.68. The molecule has 0 radical (unpaired) electrons. The minimum Gasteiger partial charge on any atom is -0.505 e. The predicted octanol–water partition coefficient (Wildman–Crippen LogP) is -2.33. The Kier molecular flexibility index (Phi) is 9.82. The Labute approximate surface area is 243 Å². The van der Waals surface area contributed by atoms with E-state index in [1.165, 1.54) is 12.1 Å². The third kappa shape index (κ3) is 6.04. The lowest BCUT2D eigenvalue weighted by Crippen LogP contribution is -2.79. The van der Waals surface area contributed by atoms with Crippen LogP contribution in [-0.2, 0) is 37.0 Å². The molecule has 9 N–H and O–H groups in total. The summed E-state index contributed by atoms with van der Waals surface area (Å²) in [7, 11) is 0.837. The molecule has 1 unspecified atom stereocenters. The van der Waals surface area contributed by atoms with Crippen molar-refractivity contribution >= 4 is 18.1 Å². The van der Waals surface area contributed by atoms with E-state index in [4.69, 9.17) is 9.47 Å². The number of carbonyl (C=O) groups is 3. The van der Waals surface area contributed by atoms with Gasteiger partial charge in [-0.1, -0.05) is 24.8 Å². The van der Waals surface area contributed by atoms with Gasteiger partial charge in [-0.3, -0.25) is 24.2 Å². The van der Waals surface area contributed by atoms with Crippen LogP contribution in [-0.4, -0.2) is 126 Å². The standard InChI is InChI=1S/C26H32FN3O13/c1-14(32)20(33)18-17(11-30(21(18)34)25(39,23(36)28-2)26(40,41)24(37,38)13-31)22(35)43-12-16-5-3-4-15(19(16)27)10-29-6-8-42-9-7-29/h3-5,13,32-33,35,37-41H,1,6-12H2,2H3,(H,28,36)/b20-18-,22-17+.